The molecule has 0 saturated heterocycles. The number of methoxy groups -OCH3 is 1. The van der Waals surface area contributed by atoms with Crippen LogP contribution >= 0.6 is 0 Å². The molecule has 2 heterocycles. The van der Waals surface area contributed by atoms with Crippen molar-refractivity contribution in [1.82, 2.24) is 14.8 Å². The zero-order chi connectivity index (χ0) is 13.8. The molecule has 1 aliphatic rings. The normalized spacial score (nSPS) is 17.1. The van der Waals surface area contributed by atoms with Gasteiger partial charge in [-0.3, -0.25) is 0 Å². The van der Waals surface area contributed by atoms with E-state index in [2.05, 4.69) is 26.9 Å². The molecular weight excluding hydrogens is 250 g/mol. The van der Waals surface area contributed by atoms with Crippen LogP contribution in [-0.2, 0) is 17.7 Å². The van der Waals surface area contributed by atoms with Gasteiger partial charge in [0.2, 0.25) is 0 Å². The minimum absolute atomic E-state index is 0.128. The van der Waals surface area contributed by atoms with Crippen LogP contribution in [0.3, 0.4) is 0 Å². The van der Waals surface area contributed by atoms with Crippen LogP contribution in [0, 0.1) is 0 Å². The molecule has 0 radical (unpaired) electrons. The lowest BCUT2D eigenvalue weighted by atomic mass is 10.1. The summed E-state index contributed by atoms with van der Waals surface area (Å²) in [5.74, 6) is 2.05. The predicted molar refractivity (Wildman–Crippen MR) is 77.5 cm³/mol. The van der Waals surface area contributed by atoms with Crippen molar-refractivity contribution in [3.8, 4) is 0 Å². The highest BCUT2D eigenvalue weighted by atomic mass is 16.5. The van der Waals surface area contributed by atoms with Crippen molar-refractivity contribution in [3.63, 3.8) is 0 Å². The number of rotatable bonds is 3. The predicted octanol–water partition coefficient (Wildman–Crippen LogP) is 3.13. The maximum Gasteiger partial charge on any atom is 0.166 e. The standard InChI is InChI=1S/C16H21N3O/c1-20-15(13-9-5-4-6-10-13)16-18-17-14-11-7-2-3-8-12-19(14)16/h4-6,9-10,15H,2-3,7-8,11-12H2,1H3. The molecule has 0 spiro atoms. The van der Waals surface area contributed by atoms with E-state index in [0.717, 1.165) is 30.2 Å². The second-order valence-corrected chi connectivity index (χ2v) is 5.32. The van der Waals surface area contributed by atoms with Gasteiger partial charge in [0, 0.05) is 20.1 Å². The zero-order valence-electron chi connectivity index (χ0n) is 12.0. The van der Waals surface area contributed by atoms with Gasteiger partial charge in [-0.2, -0.15) is 0 Å². The summed E-state index contributed by atoms with van der Waals surface area (Å²) < 4.78 is 7.96. The third-order valence-electron chi connectivity index (χ3n) is 3.96. The first kappa shape index (κ1) is 13.3. The number of nitrogens with zero attached hydrogens (tertiary/aromatic N) is 3. The number of benzene rings is 1. The van der Waals surface area contributed by atoms with Crippen LogP contribution in [0.25, 0.3) is 0 Å². The molecular formula is C16H21N3O. The van der Waals surface area contributed by atoms with Crippen molar-refractivity contribution in [2.24, 2.45) is 0 Å². The Kier molecular flexibility index (Phi) is 4.11. The molecule has 1 aliphatic heterocycles. The van der Waals surface area contributed by atoms with E-state index in [1.54, 1.807) is 7.11 Å². The molecule has 0 bridgehead atoms. The van der Waals surface area contributed by atoms with E-state index in [1.165, 1.54) is 25.7 Å². The molecule has 0 aliphatic carbocycles. The Hall–Kier alpha value is -1.68. The summed E-state index contributed by atoms with van der Waals surface area (Å²) in [6, 6.07) is 10.3. The Bertz CT molecular complexity index is 550. The van der Waals surface area contributed by atoms with E-state index in [9.17, 15) is 0 Å². The molecule has 1 atom stereocenters. The Balaban J connectivity index is 1.96. The minimum Gasteiger partial charge on any atom is -0.369 e. The highest BCUT2D eigenvalue weighted by molar-refractivity contribution is 5.23. The molecule has 0 saturated carbocycles. The third kappa shape index (κ3) is 2.61. The number of aromatic nitrogens is 3. The fourth-order valence-electron chi connectivity index (χ4n) is 2.90. The van der Waals surface area contributed by atoms with Crippen molar-refractivity contribution < 1.29 is 4.74 Å². The largest absolute Gasteiger partial charge is 0.369 e. The molecule has 2 aromatic rings. The van der Waals surface area contributed by atoms with Gasteiger partial charge in [0.15, 0.2) is 5.82 Å². The Labute approximate surface area is 119 Å². The summed E-state index contributed by atoms with van der Waals surface area (Å²) in [7, 11) is 1.74. The van der Waals surface area contributed by atoms with E-state index >= 15 is 0 Å². The average Bonchev–Trinajstić information content (AvgIpc) is 2.83. The van der Waals surface area contributed by atoms with E-state index in [-0.39, 0.29) is 6.10 Å². The van der Waals surface area contributed by atoms with Gasteiger partial charge in [-0.05, 0) is 18.4 Å². The number of fused-ring (bicyclic) bond motifs is 1. The molecule has 0 fully saturated rings. The fraction of sp³-hybridized carbons (Fsp3) is 0.500. The van der Waals surface area contributed by atoms with Crippen molar-refractivity contribution in [2.75, 3.05) is 7.11 Å². The molecule has 0 amide bonds. The summed E-state index contributed by atoms with van der Waals surface area (Å²) in [5, 5.41) is 8.80. The summed E-state index contributed by atoms with van der Waals surface area (Å²) in [5.41, 5.74) is 1.13. The molecule has 20 heavy (non-hydrogen) atoms. The van der Waals surface area contributed by atoms with Gasteiger partial charge < -0.3 is 9.30 Å². The second-order valence-electron chi connectivity index (χ2n) is 5.32. The lowest BCUT2D eigenvalue weighted by Gasteiger charge is -2.19. The van der Waals surface area contributed by atoms with Gasteiger partial charge in [0.25, 0.3) is 0 Å². The third-order valence-corrected chi connectivity index (χ3v) is 3.96. The van der Waals surface area contributed by atoms with Crippen LogP contribution in [0.5, 0.6) is 0 Å². The molecule has 0 N–H and O–H groups in total. The van der Waals surface area contributed by atoms with Crippen molar-refractivity contribution in [2.45, 2.75) is 44.8 Å². The second kappa shape index (κ2) is 6.18. The summed E-state index contributed by atoms with van der Waals surface area (Å²) in [6.45, 7) is 1.00. The minimum atomic E-state index is -0.128. The van der Waals surface area contributed by atoms with Gasteiger partial charge in [0.05, 0.1) is 0 Å². The number of aryl methyl sites for hydroxylation is 1. The Morgan fingerprint density at radius 3 is 2.65 bits per heavy atom. The lowest BCUT2D eigenvalue weighted by molar-refractivity contribution is 0.125. The quantitative estimate of drug-likeness (QED) is 0.861. The molecule has 1 aromatic heterocycles. The smallest absolute Gasteiger partial charge is 0.166 e. The Morgan fingerprint density at radius 1 is 1.05 bits per heavy atom. The van der Waals surface area contributed by atoms with Crippen LogP contribution in [-0.4, -0.2) is 21.9 Å². The van der Waals surface area contributed by atoms with Gasteiger partial charge in [0.1, 0.15) is 11.9 Å². The SMILES string of the molecule is COC(c1ccccc1)c1nnc2n1CCCCCC2. The topological polar surface area (TPSA) is 39.9 Å². The molecule has 1 unspecified atom stereocenters. The zero-order valence-corrected chi connectivity index (χ0v) is 12.0. The fourth-order valence-corrected chi connectivity index (χ4v) is 2.90. The van der Waals surface area contributed by atoms with Gasteiger partial charge in [-0.1, -0.05) is 43.2 Å². The van der Waals surface area contributed by atoms with Crippen LogP contribution in [0.4, 0.5) is 0 Å². The summed E-state index contributed by atoms with van der Waals surface area (Å²) in [6.07, 6.45) is 5.90. The van der Waals surface area contributed by atoms with Gasteiger partial charge >= 0.3 is 0 Å². The highest BCUT2D eigenvalue weighted by Gasteiger charge is 2.22. The van der Waals surface area contributed by atoms with E-state index in [0.29, 0.717) is 0 Å². The lowest BCUT2D eigenvalue weighted by Crippen LogP contribution is -2.15. The number of ether oxygens (including phenoxy) is 1. The van der Waals surface area contributed by atoms with Crippen molar-refractivity contribution >= 4 is 0 Å². The number of hydrogen-bond donors (Lipinski definition) is 0. The number of hydrogen-bond acceptors (Lipinski definition) is 3. The van der Waals surface area contributed by atoms with Gasteiger partial charge in [-0.15, -0.1) is 10.2 Å². The maximum absolute atomic E-state index is 5.70. The Morgan fingerprint density at radius 2 is 1.85 bits per heavy atom. The van der Waals surface area contributed by atoms with Crippen LogP contribution in [0.15, 0.2) is 30.3 Å². The molecule has 3 rings (SSSR count). The highest BCUT2D eigenvalue weighted by Crippen LogP contribution is 2.26. The van der Waals surface area contributed by atoms with E-state index in [1.807, 2.05) is 18.2 Å². The average molecular weight is 271 g/mol. The maximum atomic E-state index is 5.70. The molecule has 4 nitrogen and oxygen atoms in total. The van der Waals surface area contributed by atoms with Crippen LogP contribution in [0.1, 0.15) is 49.0 Å². The van der Waals surface area contributed by atoms with Crippen molar-refractivity contribution in [3.05, 3.63) is 47.5 Å². The molecule has 1 aromatic carbocycles. The van der Waals surface area contributed by atoms with E-state index < -0.39 is 0 Å². The van der Waals surface area contributed by atoms with Crippen LogP contribution in [0.2, 0.25) is 0 Å². The summed E-state index contributed by atoms with van der Waals surface area (Å²) >= 11 is 0. The van der Waals surface area contributed by atoms with Crippen LogP contribution < -0.4 is 0 Å². The first-order valence-electron chi connectivity index (χ1n) is 7.40. The monoisotopic (exact) mass is 271 g/mol. The van der Waals surface area contributed by atoms with Gasteiger partial charge in [-0.25, -0.2) is 0 Å². The molecule has 106 valence electrons. The first-order chi connectivity index (χ1) is 9.90. The first-order valence-corrected chi connectivity index (χ1v) is 7.40. The van der Waals surface area contributed by atoms with Crippen molar-refractivity contribution in [1.29, 1.82) is 0 Å². The summed E-state index contributed by atoms with van der Waals surface area (Å²) in [4.78, 5) is 0. The molecule has 4 heteroatoms. The van der Waals surface area contributed by atoms with E-state index in [4.69, 9.17) is 4.74 Å².